The molecule has 5 rings (SSSR count). The predicted molar refractivity (Wildman–Crippen MR) is 109 cm³/mol. The molecule has 152 valence electrons. The van der Waals surface area contributed by atoms with Crippen molar-refractivity contribution in [3.05, 3.63) is 36.1 Å². The Hall–Kier alpha value is -2.52. The summed E-state index contributed by atoms with van der Waals surface area (Å²) in [5.74, 6) is 3.19. The zero-order valence-electron chi connectivity index (χ0n) is 16.3. The number of ether oxygens (including phenoxy) is 2. The fraction of sp³-hybridized carbons (Fsp3) is 0.450. The maximum Gasteiger partial charge on any atom is 0.228 e. The summed E-state index contributed by atoms with van der Waals surface area (Å²) in [5, 5.41) is 14.1. The van der Waals surface area contributed by atoms with Crippen molar-refractivity contribution < 1.29 is 14.0 Å². The fourth-order valence-electron chi connectivity index (χ4n) is 3.50. The molecule has 3 heterocycles. The van der Waals surface area contributed by atoms with E-state index in [1.54, 1.807) is 18.9 Å². The molecule has 0 bridgehead atoms. The molecular formula is C20H23N5O3S. The summed E-state index contributed by atoms with van der Waals surface area (Å²) in [6.07, 6.45) is 2.37. The van der Waals surface area contributed by atoms with Gasteiger partial charge in [-0.1, -0.05) is 29.1 Å². The van der Waals surface area contributed by atoms with Gasteiger partial charge >= 0.3 is 0 Å². The highest BCUT2D eigenvalue weighted by Gasteiger charge is 2.32. The Kier molecular flexibility index (Phi) is 5.15. The lowest BCUT2D eigenvalue weighted by Gasteiger charge is -2.27. The van der Waals surface area contributed by atoms with E-state index in [2.05, 4.69) is 24.8 Å². The van der Waals surface area contributed by atoms with E-state index in [0.717, 1.165) is 60.2 Å². The zero-order valence-corrected chi connectivity index (χ0v) is 17.1. The molecule has 29 heavy (non-hydrogen) atoms. The molecule has 0 spiro atoms. The summed E-state index contributed by atoms with van der Waals surface area (Å²) in [7, 11) is 1.66. The molecule has 3 aromatic rings. The number of methoxy groups -OCH3 is 1. The van der Waals surface area contributed by atoms with E-state index in [1.165, 1.54) is 12.8 Å². The third-order valence-corrected chi connectivity index (χ3v) is 6.10. The molecule has 2 fully saturated rings. The van der Waals surface area contributed by atoms with Gasteiger partial charge in [-0.15, -0.1) is 10.2 Å². The molecule has 8 nitrogen and oxygen atoms in total. The Morgan fingerprint density at radius 2 is 2.00 bits per heavy atom. The predicted octanol–water partition coefficient (Wildman–Crippen LogP) is 3.41. The van der Waals surface area contributed by atoms with Crippen LogP contribution >= 0.6 is 11.8 Å². The van der Waals surface area contributed by atoms with Gasteiger partial charge in [-0.05, 0) is 25.0 Å². The van der Waals surface area contributed by atoms with E-state index in [9.17, 15) is 0 Å². The molecule has 1 saturated heterocycles. The van der Waals surface area contributed by atoms with Crippen LogP contribution < -0.4 is 9.64 Å². The van der Waals surface area contributed by atoms with Crippen molar-refractivity contribution in [1.82, 2.24) is 19.9 Å². The normalized spacial score (nSPS) is 16.9. The maximum absolute atomic E-state index is 5.57. The minimum atomic E-state index is 0.504. The molecule has 0 N–H and O–H groups in total. The summed E-state index contributed by atoms with van der Waals surface area (Å²) >= 11 is 1.64. The number of nitrogens with zero attached hydrogens (tertiary/aromatic N) is 5. The first-order valence-electron chi connectivity index (χ1n) is 9.83. The Balaban J connectivity index is 1.32. The first-order valence-corrected chi connectivity index (χ1v) is 10.8. The molecular weight excluding hydrogens is 390 g/mol. The molecule has 1 aliphatic carbocycles. The highest BCUT2D eigenvalue weighted by Crippen LogP contribution is 2.41. The van der Waals surface area contributed by atoms with Crippen molar-refractivity contribution in [2.45, 2.75) is 29.8 Å². The van der Waals surface area contributed by atoms with E-state index in [0.29, 0.717) is 11.8 Å². The van der Waals surface area contributed by atoms with Gasteiger partial charge in [-0.25, -0.2) is 0 Å². The highest BCUT2D eigenvalue weighted by molar-refractivity contribution is 7.98. The first kappa shape index (κ1) is 18.5. The number of para-hydroxylation sites is 1. The van der Waals surface area contributed by atoms with Gasteiger partial charge in [-0.3, -0.25) is 4.57 Å². The Bertz CT molecular complexity index is 978. The number of thioether (sulfide) groups is 1. The smallest absolute Gasteiger partial charge is 0.228 e. The van der Waals surface area contributed by atoms with Crippen molar-refractivity contribution in [2.75, 3.05) is 38.3 Å². The average Bonchev–Trinajstić information content (AvgIpc) is 3.35. The largest absolute Gasteiger partial charge is 0.496 e. The van der Waals surface area contributed by atoms with Gasteiger partial charge in [0.2, 0.25) is 5.95 Å². The van der Waals surface area contributed by atoms with Crippen molar-refractivity contribution in [1.29, 1.82) is 0 Å². The molecule has 2 aromatic heterocycles. The Morgan fingerprint density at radius 3 is 2.79 bits per heavy atom. The van der Waals surface area contributed by atoms with E-state index < -0.39 is 0 Å². The minimum Gasteiger partial charge on any atom is -0.496 e. The van der Waals surface area contributed by atoms with Crippen molar-refractivity contribution in [3.63, 3.8) is 0 Å². The lowest BCUT2D eigenvalue weighted by molar-refractivity contribution is 0.121. The SMILES string of the molecule is COc1ccccc1-c1cc(CSc2nnc(N3CCOCC3)n2C2CC2)on1. The second-order valence-electron chi connectivity index (χ2n) is 7.15. The molecule has 0 atom stereocenters. The average molecular weight is 414 g/mol. The molecule has 2 aliphatic rings. The van der Waals surface area contributed by atoms with Crippen LogP contribution in [-0.2, 0) is 10.5 Å². The molecule has 1 saturated carbocycles. The van der Waals surface area contributed by atoms with E-state index in [1.807, 2.05) is 30.3 Å². The maximum atomic E-state index is 5.57. The van der Waals surface area contributed by atoms with E-state index >= 15 is 0 Å². The lowest BCUT2D eigenvalue weighted by Crippen LogP contribution is -2.38. The van der Waals surface area contributed by atoms with Gasteiger partial charge in [0, 0.05) is 30.8 Å². The zero-order chi connectivity index (χ0) is 19.6. The Morgan fingerprint density at radius 1 is 1.17 bits per heavy atom. The van der Waals surface area contributed by atoms with Gasteiger partial charge in [-0.2, -0.15) is 0 Å². The summed E-state index contributed by atoms with van der Waals surface area (Å²) in [6.45, 7) is 3.20. The number of aromatic nitrogens is 4. The number of rotatable bonds is 7. The number of hydrogen-bond donors (Lipinski definition) is 0. The molecule has 1 aromatic carbocycles. The number of benzene rings is 1. The van der Waals surface area contributed by atoms with Crippen LogP contribution in [0.25, 0.3) is 11.3 Å². The quantitative estimate of drug-likeness (QED) is 0.546. The second kappa shape index (κ2) is 8.08. The van der Waals surface area contributed by atoms with Gasteiger partial charge in [0.15, 0.2) is 5.16 Å². The molecule has 0 amide bonds. The Labute approximate surface area is 173 Å². The fourth-order valence-corrected chi connectivity index (χ4v) is 4.37. The van der Waals surface area contributed by atoms with Crippen LogP contribution in [-0.4, -0.2) is 53.3 Å². The number of anilines is 1. The van der Waals surface area contributed by atoms with Crippen LogP contribution in [0.5, 0.6) is 5.75 Å². The van der Waals surface area contributed by atoms with E-state index in [4.69, 9.17) is 14.0 Å². The van der Waals surface area contributed by atoms with Crippen LogP contribution in [0.3, 0.4) is 0 Å². The number of morpholine rings is 1. The van der Waals surface area contributed by atoms with Crippen molar-refractivity contribution >= 4 is 17.7 Å². The minimum absolute atomic E-state index is 0.504. The van der Waals surface area contributed by atoms with Crippen LogP contribution in [0.4, 0.5) is 5.95 Å². The summed E-state index contributed by atoms with van der Waals surface area (Å²) < 4.78 is 18.8. The van der Waals surface area contributed by atoms with Crippen molar-refractivity contribution in [3.8, 4) is 17.0 Å². The van der Waals surface area contributed by atoms with Crippen LogP contribution in [0, 0.1) is 0 Å². The highest BCUT2D eigenvalue weighted by atomic mass is 32.2. The van der Waals surface area contributed by atoms with E-state index in [-0.39, 0.29) is 0 Å². The van der Waals surface area contributed by atoms with Crippen LogP contribution in [0.15, 0.2) is 40.0 Å². The number of hydrogen-bond acceptors (Lipinski definition) is 8. The molecule has 0 unspecified atom stereocenters. The van der Waals surface area contributed by atoms with Gasteiger partial charge in [0.25, 0.3) is 0 Å². The molecule has 1 aliphatic heterocycles. The summed E-state index contributed by atoms with van der Waals surface area (Å²) in [4.78, 5) is 2.27. The molecule has 0 radical (unpaired) electrons. The summed E-state index contributed by atoms with van der Waals surface area (Å²) in [6, 6.07) is 10.3. The third-order valence-electron chi connectivity index (χ3n) is 5.14. The molecule has 9 heteroatoms. The van der Waals surface area contributed by atoms with Gasteiger partial charge in [0.1, 0.15) is 17.2 Å². The van der Waals surface area contributed by atoms with Crippen LogP contribution in [0.2, 0.25) is 0 Å². The first-order chi connectivity index (χ1) is 14.3. The van der Waals surface area contributed by atoms with Crippen molar-refractivity contribution in [2.24, 2.45) is 0 Å². The third kappa shape index (κ3) is 3.84. The standard InChI is InChI=1S/C20H23N5O3S/c1-26-18-5-3-2-4-16(18)17-12-15(28-23-17)13-29-20-22-21-19(25(20)14-6-7-14)24-8-10-27-11-9-24/h2-5,12,14H,6-11,13H2,1H3. The summed E-state index contributed by atoms with van der Waals surface area (Å²) in [5.41, 5.74) is 1.70. The van der Waals surface area contributed by atoms with Crippen LogP contribution in [0.1, 0.15) is 24.6 Å². The lowest BCUT2D eigenvalue weighted by atomic mass is 10.1. The topological polar surface area (TPSA) is 78.4 Å². The van der Waals surface area contributed by atoms with Gasteiger partial charge < -0.3 is 18.9 Å². The van der Waals surface area contributed by atoms with Gasteiger partial charge in [0.05, 0.1) is 26.1 Å². The monoisotopic (exact) mass is 413 g/mol. The second-order valence-corrected chi connectivity index (χ2v) is 8.09.